The van der Waals surface area contributed by atoms with E-state index in [4.69, 9.17) is 5.73 Å². The number of hydrogen-bond donors (Lipinski definition) is 1. The summed E-state index contributed by atoms with van der Waals surface area (Å²) in [6, 6.07) is 7.59. The average molecular weight is 275 g/mol. The summed E-state index contributed by atoms with van der Waals surface area (Å²) >= 11 is 1.05. The van der Waals surface area contributed by atoms with Gasteiger partial charge in [-0.2, -0.15) is 0 Å². The van der Waals surface area contributed by atoms with Crippen LogP contribution in [0.3, 0.4) is 0 Å². The zero-order valence-corrected chi connectivity index (χ0v) is 11.2. The fourth-order valence-corrected chi connectivity index (χ4v) is 2.25. The molecule has 0 spiro atoms. The number of aryl methyl sites for hydroxylation is 1. The standard InChI is InChI=1S/C13H13N3O2S/c1-9-3-2-4-10(7-9)16-6-5-15-12(13(16)18)19-8-11(14)17/h2-7H,8H2,1H3,(H2,14,17). The summed E-state index contributed by atoms with van der Waals surface area (Å²) in [7, 11) is 0. The van der Waals surface area contributed by atoms with Crippen LogP contribution in [0.1, 0.15) is 5.56 Å². The van der Waals surface area contributed by atoms with Crippen LogP contribution in [0.15, 0.2) is 46.5 Å². The van der Waals surface area contributed by atoms with Crippen LogP contribution >= 0.6 is 11.8 Å². The normalized spacial score (nSPS) is 10.4. The van der Waals surface area contributed by atoms with Crippen molar-refractivity contribution in [3.05, 3.63) is 52.6 Å². The molecule has 1 aromatic carbocycles. The van der Waals surface area contributed by atoms with Crippen LogP contribution in [-0.4, -0.2) is 21.2 Å². The van der Waals surface area contributed by atoms with Gasteiger partial charge in [-0.05, 0) is 24.6 Å². The highest BCUT2D eigenvalue weighted by Gasteiger charge is 2.08. The van der Waals surface area contributed by atoms with E-state index < -0.39 is 5.91 Å². The Bertz CT molecular complexity index is 667. The number of hydrogen-bond acceptors (Lipinski definition) is 4. The van der Waals surface area contributed by atoms with Crippen molar-refractivity contribution in [2.75, 3.05) is 5.75 Å². The summed E-state index contributed by atoms with van der Waals surface area (Å²) in [6.45, 7) is 1.96. The molecule has 0 saturated heterocycles. The van der Waals surface area contributed by atoms with Crippen LogP contribution in [0.5, 0.6) is 0 Å². The van der Waals surface area contributed by atoms with Gasteiger partial charge in [-0.1, -0.05) is 23.9 Å². The molecule has 0 saturated carbocycles. The third kappa shape index (κ3) is 3.23. The van der Waals surface area contributed by atoms with Crippen molar-refractivity contribution < 1.29 is 4.79 Å². The Hall–Kier alpha value is -2.08. The highest BCUT2D eigenvalue weighted by atomic mass is 32.2. The smallest absolute Gasteiger partial charge is 0.287 e. The van der Waals surface area contributed by atoms with E-state index in [2.05, 4.69) is 4.98 Å². The summed E-state index contributed by atoms with van der Waals surface area (Å²) in [5.74, 6) is -0.433. The molecule has 2 aromatic rings. The molecule has 0 aliphatic rings. The van der Waals surface area contributed by atoms with Crippen molar-refractivity contribution in [3.8, 4) is 5.69 Å². The lowest BCUT2D eigenvalue weighted by Gasteiger charge is -2.07. The Morgan fingerprint density at radius 3 is 2.95 bits per heavy atom. The molecular formula is C13H13N3O2S. The molecule has 5 nitrogen and oxygen atoms in total. The first kappa shape index (κ1) is 13.4. The number of rotatable bonds is 4. The number of nitrogens with two attached hydrogens (primary N) is 1. The van der Waals surface area contributed by atoms with Crippen LogP contribution in [-0.2, 0) is 4.79 Å². The third-order valence-corrected chi connectivity index (χ3v) is 3.42. The monoisotopic (exact) mass is 275 g/mol. The van der Waals surface area contributed by atoms with E-state index in [0.717, 1.165) is 23.0 Å². The summed E-state index contributed by atoms with van der Waals surface area (Å²) < 4.78 is 1.50. The Balaban J connectivity index is 2.40. The minimum Gasteiger partial charge on any atom is -0.369 e. The maximum Gasteiger partial charge on any atom is 0.287 e. The third-order valence-electron chi connectivity index (χ3n) is 2.44. The van der Waals surface area contributed by atoms with E-state index in [1.54, 1.807) is 6.20 Å². The Morgan fingerprint density at radius 2 is 2.26 bits per heavy atom. The molecule has 0 bridgehead atoms. The van der Waals surface area contributed by atoms with Crippen LogP contribution in [0.25, 0.3) is 5.69 Å². The van der Waals surface area contributed by atoms with Crippen LogP contribution in [0.2, 0.25) is 0 Å². The first-order valence-electron chi connectivity index (χ1n) is 5.64. The zero-order chi connectivity index (χ0) is 13.8. The summed E-state index contributed by atoms with van der Waals surface area (Å²) in [5.41, 5.74) is 6.65. The molecule has 0 aliphatic heterocycles. The van der Waals surface area contributed by atoms with Gasteiger partial charge < -0.3 is 5.73 Å². The number of nitrogens with zero attached hydrogens (tertiary/aromatic N) is 2. The second-order valence-corrected chi connectivity index (χ2v) is 4.97. The Labute approximate surface area is 114 Å². The van der Waals surface area contributed by atoms with E-state index >= 15 is 0 Å². The summed E-state index contributed by atoms with van der Waals surface area (Å²) in [4.78, 5) is 26.9. The van der Waals surface area contributed by atoms with Crippen molar-refractivity contribution in [2.45, 2.75) is 11.9 Å². The van der Waals surface area contributed by atoms with Crippen LogP contribution in [0.4, 0.5) is 0 Å². The lowest BCUT2D eigenvalue weighted by Crippen LogP contribution is -2.22. The van der Waals surface area contributed by atoms with Crippen molar-refractivity contribution in [3.63, 3.8) is 0 Å². The molecule has 1 aromatic heterocycles. The van der Waals surface area contributed by atoms with Gasteiger partial charge in [0, 0.05) is 18.1 Å². The lowest BCUT2D eigenvalue weighted by atomic mass is 10.2. The van der Waals surface area contributed by atoms with Gasteiger partial charge in [0.05, 0.1) is 5.75 Å². The number of benzene rings is 1. The van der Waals surface area contributed by atoms with Gasteiger partial charge in [-0.25, -0.2) is 4.98 Å². The number of amides is 1. The fourth-order valence-electron chi connectivity index (χ4n) is 1.61. The maximum absolute atomic E-state index is 12.2. The Kier molecular flexibility index (Phi) is 4.01. The summed E-state index contributed by atoms with van der Waals surface area (Å²) in [5, 5.41) is 0.266. The van der Waals surface area contributed by atoms with Gasteiger partial charge in [0.15, 0.2) is 5.03 Å². The van der Waals surface area contributed by atoms with Crippen molar-refractivity contribution in [2.24, 2.45) is 5.73 Å². The van der Waals surface area contributed by atoms with Crippen LogP contribution < -0.4 is 11.3 Å². The highest BCUT2D eigenvalue weighted by molar-refractivity contribution is 7.99. The maximum atomic E-state index is 12.2. The molecule has 0 unspecified atom stereocenters. The second-order valence-electron chi connectivity index (χ2n) is 4.00. The second kappa shape index (κ2) is 5.71. The molecule has 0 aliphatic carbocycles. The van der Waals surface area contributed by atoms with Crippen LogP contribution in [0, 0.1) is 6.92 Å². The average Bonchev–Trinajstić information content (AvgIpc) is 2.37. The number of thioether (sulfide) groups is 1. The minimum atomic E-state index is -0.475. The zero-order valence-electron chi connectivity index (χ0n) is 10.4. The van der Waals surface area contributed by atoms with Gasteiger partial charge >= 0.3 is 0 Å². The molecule has 98 valence electrons. The topological polar surface area (TPSA) is 78.0 Å². The van der Waals surface area contributed by atoms with E-state index in [1.807, 2.05) is 31.2 Å². The fraction of sp³-hybridized carbons (Fsp3) is 0.154. The van der Waals surface area contributed by atoms with Gasteiger partial charge in [-0.15, -0.1) is 0 Å². The molecular weight excluding hydrogens is 262 g/mol. The van der Waals surface area contributed by atoms with E-state index in [0.29, 0.717) is 0 Å². The molecule has 2 N–H and O–H groups in total. The van der Waals surface area contributed by atoms with Crippen molar-refractivity contribution in [1.82, 2.24) is 9.55 Å². The predicted octanol–water partition coefficient (Wildman–Crippen LogP) is 1.12. The Morgan fingerprint density at radius 1 is 1.47 bits per heavy atom. The van der Waals surface area contributed by atoms with Crippen molar-refractivity contribution in [1.29, 1.82) is 0 Å². The van der Waals surface area contributed by atoms with Gasteiger partial charge in [0.2, 0.25) is 5.91 Å². The van der Waals surface area contributed by atoms with E-state index in [-0.39, 0.29) is 16.3 Å². The molecule has 19 heavy (non-hydrogen) atoms. The lowest BCUT2D eigenvalue weighted by molar-refractivity contribution is -0.115. The molecule has 0 atom stereocenters. The predicted molar refractivity (Wildman–Crippen MR) is 74.5 cm³/mol. The quantitative estimate of drug-likeness (QED) is 0.848. The van der Waals surface area contributed by atoms with E-state index in [9.17, 15) is 9.59 Å². The number of primary amides is 1. The van der Waals surface area contributed by atoms with Gasteiger partial charge in [0.25, 0.3) is 5.56 Å². The van der Waals surface area contributed by atoms with Crippen molar-refractivity contribution >= 4 is 17.7 Å². The molecule has 2 rings (SSSR count). The first-order valence-corrected chi connectivity index (χ1v) is 6.62. The largest absolute Gasteiger partial charge is 0.369 e. The molecule has 0 fully saturated rings. The number of carbonyl (C=O) groups is 1. The van der Waals surface area contributed by atoms with Gasteiger partial charge in [0.1, 0.15) is 0 Å². The minimum absolute atomic E-state index is 0.0417. The summed E-state index contributed by atoms with van der Waals surface area (Å²) in [6.07, 6.45) is 3.14. The van der Waals surface area contributed by atoms with Gasteiger partial charge in [-0.3, -0.25) is 14.2 Å². The molecule has 6 heteroatoms. The molecule has 1 amide bonds. The number of carbonyl (C=O) groups excluding carboxylic acids is 1. The van der Waals surface area contributed by atoms with E-state index in [1.165, 1.54) is 10.8 Å². The SMILES string of the molecule is Cc1cccc(-n2ccnc(SCC(N)=O)c2=O)c1. The first-order chi connectivity index (χ1) is 9.08. The highest BCUT2D eigenvalue weighted by Crippen LogP contribution is 2.12. The molecule has 1 heterocycles. The molecule has 0 radical (unpaired) electrons. The number of aromatic nitrogens is 2.